The number of aliphatic hydroxyl groups excluding tert-OH is 1. The molecule has 0 bridgehead atoms. The highest BCUT2D eigenvalue weighted by Gasteiger charge is 2.23. The average Bonchev–Trinajstić information content (AvgIpc) is 3.11. The average molecular weight is 338 g/mol. The Morgan fingerprint density at radius 1 is 1.24 bits per heavy atom. The Morgan fingerprint density at radius 2 is 2.12 bits per heavy atom. The van der Waals surface area contributed by atoms with Crippen LogP contribution < -0.4 is 4.90 Å². The summed E-state index contributed by atoms with van der Waals surface area (Å²) in [5.41, 5.74) is 4.36. The van der Waals surface area contributed by atoms with Gasteiger partial charge in [-0.25, -0.2) is 9.97 Å². The molecule has 2 unspecified atom stereocenters. The monoisotopic (exact) mass is 338 g/mol. The number of nitrogens with zero attached hydrogens (tertiary/aromatic N) is 4. The third-order valence-corrected chi connectivity index (χ3v) is 5.59. The number of fused-ring (bicyclic) bond motifs is 1. The maximum absolute atomic E-state index is 10.8. The van der Waals surface area contributed by atoms with Gasteiger partial charge in [0.2, 0.25) is 0 Å². The van der Waals surface area contributed by atoms with E-state index in [-0.39, 0.29) is 0 Å². The Bertz CT molecular complexity index is 763. The second-order valence-electron chi connectivity index (χ2n) is 7.33. The maximum Gasteiger partial charge on any atom is 0.161 e. The van der Waals surface area contributed by atoms with Crippen LogP contribution in [0.25, 0.3) is 0 Å². The van der Waals surface area contributed by atoms with E-state index in [4.69, 9.17) is 0 Å². The summed E-state index contributed by atoms with van der Waals surface area (Å²) in [5, 5.41) is 10.8. The smallest absolute Gasteiger partial charge is 0.161 e. The first-order valence-corrected chi connectivity index (χ1v) is 9.20. The van der Waals surface area contributed by atoms with E-state index in [1.54, 1.807) is 0 Å². The molecule has 1 aromatic heterocycles. The number of hydrogen-bond acceptors (Lipinski definition) is 5. The molecule has 0 spiro atoms. The van der Waals surface area contributed by atoms with E-state index < -0.39 is 6.10 Å². The van der Waals surface area contributed by atoms with E-state index in [0.717, 1.165) is 55.8 Å². The van der Waals surface area contributed by atoms with Crippen molar-refractivity contribution >= 4 is 5.69 Å². The van der Waals surface area contributed by atoms with Crippen LogP contribution in [0.15, 0.2) is 30.5 Å². The molecule has 0 radical (unpaired) electrons. The van der Waals surface area contributed by atoms with E-state index in [9.17, 15) is 5.11 Å². The van der Waals surface area contributed by atoms with Gasteiger partial charge < -0.3 is 14.9 Å². The van der Waals surface area contributed by atoms with Crippen molar-refractivity contribution in [1.82, 2.24) is 14.9 Å². The van der Waals surface area contributed by atoms with Crippen molar-refractivity contribution in [2.75, 3.05) is 31.6 Å². The molecule has 0 amide bonds. The van der Waals surface area contributed by atoms with Gasteiger partial charge in [0.25, 0.3) is 0 Å². The molecular formula is C20H26N4O. The van der Waals surface area contributed by atoms with E-state index in [2.05, 4.69) is 45.9 Å². The van der Waals surface area contributed by atoms with Gasteiger partial charge in [0, 0.05) is 43.3 Å². The second-order valence-corrected chi connectivity index (χ2v) is 7.33. The summed E-state index contributed by atoms with van der Waals surface area (Å²) in [5.74, 6) is 0.518. The van der Waals surface area contributed by atoms with Gasteiger partial charge in [-0.2, -0.15) is 0 Å². The molecule has 2 aliphatic rings. The number of rotatable bonds is 3. The fraction of sp³-hybridized carbons (Fsp3) is 0.500. The molecule has 5 heteroatoms. The molecule has 2 heterocycles. The van der Waals surface area contributed by atoms with Crippen LogP contribution in [-0.4, -0.2) is 52.7 Å². The van der Waals surface area contributed by atoms with Crippen LogP contribution in [0.1, 0.15) is 42.1 Å². The molecule has 132 valence electrons. The van der Waals surface area contributed by atoms with E-state index in [0.29, 0.717) is 11.9 Å². The van der Waals surface area contributed by atoms with Crippen molar-refractivity contribution in [2.45, 2.75) is 38.3 Å². The molecule has 5 nitrogen and oxygen atoms in total. The van der Waals surface area contributed by atoms with Gasteiger partial charge in [-0.15, -0.1) is 0 Å². The minimum absolute atomic E-state index is 0.518. The summed E-state index contributed by atoms with van der Waals surface area (Å²) >= 11 is 0. The van der Waals surface area contributed by atoms with Gasteiger partial charge in [-0.05, 0) is 56.5 Å². The van der Waals surface area contributed by atoms with E-state index in [1.165, 1.54) is 5.56 Å². The highest BCUT2D eigenvalue weighted by Crippen LogP contribution is 2.27. The van der Waals surface area contributed by atoms with Crippen LogP contribution in [0.2, 0.25) is 0 Å². The number of piperazine rings is 1. The Hall–Kier alpha value is -1.98. The molecule has 1 aliphatic heterocycles. The quantitative estimate of drug-likeness (QED) is 0.930. The van der Waals surface area contributed by atoms with Gasteiger partial charge in [0.1, 0.15) is 6.10 Å². The highest BCUT2D eigenvalue weighted by atomic mass is 16.3. The van der Waals surface area contributed by atoms with Crippen LogP contribution in [0.5, 0.6) is 0 Å². The highest BCUT2D eigenvalue weighted by molar-refractivity contribution is 5.50. The Kier molecular flexibility index (Phi) is 4.44. The molecule has 2 aromatic rings. The summed E-state index contributed by atoms with van der Waals surface area (Å²) in [6.07, 6.45) is 4.32. The summed E-state index contributed by atoms with van der Waals surface area (Å²) in [4.78, 5) is 13.8. The fourth-order valence-corrected chi connectivity index (χ4v) is 3.78. The third kappa shape index (κ3) is 3.26. The first kappa shape index (κ1) is 16.5. The van der Waals surface area contributed by atoms with Crippen LogP contribution in [0.3, 0.4) is 0 Å². The van der Waals surface area contributed by atoms with E-state index in [1.807, 2.05) is 18.3 Å². The number of anilines is 1. The molecule has 1 N–H and O–H groups in total. The zero-order valence-corrected chi connectivity index (χ0v) is 15.0. The fourth-order valence-electron chi connectivity index (χ4n) is 3.78. The molecule has 1 fully saturated rings. The lowest BCUT2D eigenvalue weighted by molar-refractivity contribution is 0.209. The van der Waals surface area contributed by atoms with Crippen molar-refractivity contribution in [3.8, 4) is 0 Å². The molecule has 1 saturated heterocycles. The number of hydrogen-bond donors (Lipinski definition) is 1. The minimum atomic E-state index is -0.768. The number of aliphatic hydroxyl groups is 1. The number of likely N-dealkylation sites (N-methyl/N-ethyl adjacent to an activating group) is 1. The first-order chi connectivity index (χ1) is 12.1. The zero-order valence-electron chi connectivity index (χ0n) is 15.0. The second kappa shape index (κ2) is 6.73. The van der Waals surface area contributed by atoms with Gasteiger partial charge in [0.05, 0.1) is 0 Å². The van der Waals surface area contributed by atoms with Crippen molar-refractivity contribution in [3.63, 3.8) is 0 Å². The number of benzene rings is 1. The Balaban J connectivity index is 1.56. The lowest BCUT2D eigenvalue weighted by Crippen LogP contribution is -2.50. The van der Waals surface area contributed by atoms with Crippen LogP contribution >= 0.6 is 0 Å². The van der Waals surface area contributed by atoms with Gasteiger partial charge in [0.15, 0.2) is 5.82 Å². The predicted octanol–water partition coefficient (Wildman–Crippen LogP) is 2.19. The standard InChI is InChI=1S/C20H26N4O/c1-14-13-24(10-9-23(14)2)17-7-3-5-15(11-17)19(25)20-21-12-16-6-4-8-18(16)22-20/h3,5,7,11-12,14,19,25H,4,6,8-10,13H2,1-2H3. The molecule has 25 heavy (non-hydrogen) atoms. The summed E-state index contributed by atoms with van der Waals surface area (Å²) < 4.78 is 0. The Labute approximate surface area is 149 Å². The Morgan fingerprint density at radius 3 is 2.96 bits per heavy atom. The number of aromatic nitrogens is 2. The maximum atomic E-state index is 10.8. The lowest BCUT2D eigenvalue weighted by atomic mass is 10.1. The summed E-state index contributed by atoms with van der Waals surface area (Å²) in [7, 11) is 2.17. The van der Waals surface area contributed by atoms with E-state index >= 15 is 0 Å². The van der Waals surface area contributed by atoms with Gasteiger partial charge in [-0.1, -0.05) is 12.1 Å². The molecule has 2 atom stereocenters. The summed E-state index contributed by atoms with van der Waals surface area (Å²) in [6, 6.07) is 8.72. The predicted molar refractivity (Wildman–Crippen MR) is 98.9 cm³/mol. The zero-order chi connectivity index (χ0) is 17.4. The van der Waals surface area contributed by atoms with Crippen LogP contribution in [-0.2, 0) is 12.8 Å². The van der Waals surface area contributed by atoms with Gasteiger partial charge >= 0.3 is 0 Å². The van der Waals surface area contributed by atoms with Crippen molar-refractivity contribution in [3.05, 3.63) is 53.1 Å². The largest absolute Gasteiger partial charge is 0.380 e. The normalized spacial score (nSPS) is 22.0. The molecule has 0 saturated carbocycles. The molecule has 4 rings (SSSR count). The van der Waals surface area contributed by atoms with Crippen LogP contribution in [0, 0.1) is 0 Å². The van der Waals surface area contributed by atoms with Crippen molar-refractivity contribution in [2.24, 2.45) is 0 Å². The first-order valence-electron chi connectivity index (χ1n) is 9.20. The topological polar surface area (TPSA) is 52.5 Å². The molecule has 1 aliphatic carbocycles. The van der Waals surface area contributed by atoms with Gasteiger partial charge in [-0.3, -0.25) is 0 Å². The van der Waals surface area contributed by atoms with Crippen molar-refractivity contribution in [1.29, 1.82) is 0 Å². The summed E-state index contributed by atoms with van der Waals surface area (Å²) in [6.45, 7) is 5.33. The molecular weight excluding hydrogens is 312 g/mol. The number of aryl methyl sites for hydroxylation is 2. The third-order valence-electron chi connectivity index (χ3n) is 5.59. The SMILES string of the molecule is CC1CN(c2cccc(C(O)c3ncc4c(n3)CCC4)c2)CCN1C. The minimum Gasteiger partial charge on any atom is -0.380 e. The lowest BCUT2D eigenvalue weighted by Gasteiger charge is -2.39. The molecule has 1 aromatic carbocycles. The van der Waals surface area contributed by atoms with Crippen LogP contribution in [0.4, 0.5) is 5.69 Å². The van der Waals surface area contributed by atoms with Crippen molar-refractivity contribution < 1.29 is 5.11 Å².